The van der Waals surface area contributed by atoms with Gasteiger partial charge in [-0.25, -0.2) is 0 Å². The van der Waals surface area contributed by atoms with Crippen LogP contribution in [0.1, 0.15) is 0 Å². The van der Waals surface area contributed by atoms with Gasteiger partial charge in [-0.3, -0.25) is 0 Å². The summed E-state index contributed by atoms with van der Waals surface area (Å²) in [5.41, 5.74) is 1.38. The molecule has 1 aliphatic heterocycles. The van der Waals surface area contributed by atoms with E-state index in [0.29, 0.717) is 0 Å². The summed E-state index contributed by atoms with van der Waals surface area (Å²) >= 11 is 0. The van der Waals surface area contributed by atoms with Crippen LogP contribution in [-0.4, -0.2) is 38.7 Å². The molecule has 2 heteroatoms. The average Bonchev–Trinajstić information content (AvgIpc) is 1.85. The molecule has 0 aromatic carbocycles. The van der Waals surface area contributed by atoms with Gasteiger partial charge in [-0.1, -0.05) is 12.2 Å². The number of nitrogens with zero attached hydrogens (tertiary/aromatic N) is 1. The molecule has 1 rings (SSSR count). The summed E-state index contributed by atoms with van der Waals surface area (Å²) in [6, 6.07) is 0. The van der Waals surface area contributed by atoms with Crippen molar-refractivity contribution in [3.05, 3.63) is 23.9 Å². The summed E-state index contributed by atoms with van der Waals surface area (Å²) in [4.78, 5) is 0. The topological polar surface area (TPSA) is 12.0 Å². The Morgan fingerprint density at radius 1 is 1.45 bits per heavy atom. The van der Waals surface area contributed by atoms with Crippen molar-refractivity contribution >= 4 is 0 Å². The van der Waals surface area contributed by atoms with E-state index in [1.807, 2.05) is 0 Å². The number of rotatable bonds is 2. The molecule has 1 aliphatic rings. The smallest absolute Gasteiger partial charge is 0.105 e. The van der Waals surface area contributed by atoms with Crippen LogP contribution in [0.3, 0.4) is 0 Å². The average molecular weight is 153 g/mol. The van der Waals surface area contributed by atoms with E-state index >= 15 is 0 Å². The van der Waals surface area contributed by atoms with Crippen molar-refractivity contribution in [1.29, 1.82) is 0 Å². The predicted octanol–water partition coefficient (Wildman–Crippen LogP) is 0.736. The molecule has 1 heterocycles. The van der Waals surface area contributed by atoms with E-state index < -0.39 is 0 Å². The Labute approximate surface area is 68.8 Å². The largest absolute Gasteiger partial charge is 0.387 e. The zero-order valence-electron chi connectivity index (χ0n) is 7.59. The van der Waals surface area contributed by atoms with Crippen LogP contribution in [0, 0.1) is 0 Å². The lowest BCUT2D eigenvalue weighted by molar-refractivity contribution is -0.865. The highest BCUT2D eigenvalue weighted by Gasteiger charge is 2.09. The fourth-order valence-electron chi connectivity index (χ4n) is 1.16. The first-order valence-electron chi connectivity index (χ1n) is 3.97. The third kappa shape index (κ3) is 3.23. The van der Waals surface area contributed by atoms with Gasteiger partial charge in [-0.15, -0.1) is 0 Å². The Kier molecular flexibility index (Phi) is 2.35. The zero-order chi connectivity index (χ0) is 8.32. The van der Waals surface area contributed by atoms with Gasteiger partial charge in [0, 0.05) is 18.3 Å². The van der Waals surface area contributed by atoms with Crippen molar-refractivity contribution in [2.24, 2.45) is 0 Å². The molecular formula is C9H17N2+. The van der Waals surface area contributed by atoms with Gasteiger partial charge < -0.3 is 9.80 Å². The lowest BCUT2D eigenvalue weighted by Crippen LogP contribution is -2.36. The van der Waals surface area contributed by atoms with Crippen LogP contribution in [0.2, 0.25) is 0 Å². The molecular weight excluding hydrogens is 136 g/mol. The zero-order valence-corrected chi connectivity index (χ0v) is 7.59. The minimum Gasteiger partial charge on any atom is -0.387 e. The van der Waals surface area contributed by atoms with Crippen LogP contribution in [-0.2, 0) is 0 Å². The Morgan fingerprint density at radius 3 is 2.64 bits per heavy atom. The lowest BCUT2D eigenvalue weighted by atomic mass is 10.2. The molecule has 0 radical (unpaired) electrons. The summed E-state index contributed by atoms with van der Waals surface area (Å²) in [6.45, 7) is 2.06. The monoisotopic (exact) mass is 153 g/mol. The van der Waals surface area contributed by atoms with E-state index in [0.717, 1.165) is 17.6 Å². The van der Waals surface area contributed by atoms with Crippen LogP contribution in [0.4, 0.5) is 0 Å². The van der Waals surface area contributed by atoms with Crippen molar-refractivity contribution < 1.29 is 4.48 Å². The van der Waals surface area contributed by atoms with Crippen LogP contribution in [0.15, 0.2) is 23.9 Å². The molecule has 1 N–H and O–H groups in total. The maximum absolute atomic E-state index is 3.20. The fraction of sp³-hybridized carbons (Fsp3) is 0.556. The number of hydrogen-bond donors (Lipinski definition) is 1. The lowest BCUT2D eigenvalue weighted by Gasteiger charge is -2.25. The normalized spacial score (nSPS) is 17.5. The molecule has 0 saturated heterocycles. The quantitative estimate of drug-likeness (QED) is 0.577. The van der Waals surface area contributed by atoms with Crippen molar-refractivity contribution in [2.75, 3.05) is 34.2 Å². The third-order valence-corrected chi connectivity index (χ3v) is 1.51. The molecule has 0 aromatic rings. The first-order valence-corrected chi connectivity index (χ1v) is 3.97. The molecule has 0 unspecified atom stereocenters. The highest BCUT2D eigenvalue weighted by molar-refractivity contribution is 5.21. The molecule has 0 saturated carbocycles. The van der Waals surface area contributed by atoms with Gasteiger partial charge in [0.05, 0.1) is 21.1 Å². The predicted molar refractivity (Wildman–Crippen MR) is 48.1 cm³/mol. The van der Waals surface area contributed by atoms with E-state index in [9.17, 15) is 0 Å². The number of quaternary nitrogens is 1. The number of likely N-dealkylation sites (N-methyl/N-ethyl adjacent to an activating group) is 1. The van der Waals surface area contributed by atoms with Crippen LogP contribution in [0.5, 0.6) is 0 Å². The molecule has 0 aromatic heterocycles. The summed E-state index contributed by atoms with van der Waals surface area (Å²) < 4.78 is 0.984. The van der Waals surface area contributed by atoms with E-state index in [1.165, 1.54) is 5.57 Å². The Balaban J connectivity index is 2.49. The van der Waals surface area contributed by atoms with Gasteiger partial charge >= 0.3 is 0 Å². The maximum Gasteiger partial charge on any atom is 0.105 e. The van der Waals surface area contributed by atoms with E-state index in [2.05, 4.69) is 44.8 Å². The van der Waals surface area contributed by atoms with E-state index in [-0.39, 0.29) is 0 Å². The molecule has 0 fully saturated rings. The first-order chi connectivity index (χ1) is 5.08. The van der Waals surface area contributed by atoms with Crippen LogP contribution >= 0.6 is 0 Å². The third-order valence-electron chi connectivity index (χ3n) is 1.51. The number of dihydropyridines is 1. The van der Waals surface area contributed by atoms with Crippen molar-refractivity contribution in [2.45, 2.75) is 0 Å². The molecule has 11 heavy (non-hydrogen) atoms. The highest BCUT2D eigenvalue weighted by atomic mass is 15.3. The van der Waals surface area contributed by atoms with Crippen molar-refractivity contribution in [3.63, 3.8) is 0 Å². The molecule has 0 amide bonds. The van der Waals surface area contributed by atoms with Gasteiger partial charge in [0.1, 0.15) is 6.54 Å². The Morgan fingerprint density at radius 2 is 2.18 bits per heavy atom. The number of hydrogen-bond acceptors (Lipinski definition) is 1. The Hall–Kier alpha value is -0.760. The highest BCUT2D eigenvalue weighted by Crippen LogP contribution is 2.04. The molecule has 0 atom stereocenters. The minimum absolute atomic E-state index is 0.973. The molecule has 2 nitrogen and oxygen atoms in total. The number of nitrogens with one attached hydrogen (secondary N) is 1. The molecule has 62 valence electrons. The standard InChI is InChI=1S/C9H17N2/c1-11(2,3)8-9-5-4-6-10-7-9/h4-5,7,10H,6,8H2,1-3H3/q+1. The summed E-state index contributed by atoms with van der Waals surface area (Å²) in [6.07, 6.45) is 6.45. The SMILES string of the molecule is C[N+](C)(C)CC1=CNCC=C1. The molecule has 0 aliphatic carbocycles. The minimum atomic E-state index is 0.973. The van der Waals surface area contributed by atoms with Gasteiger partial charge in [0.25, 0.3) is 0 Å². The van der Waals surface area contributed by atoms with Gasteiger partial charge in [-0.05, 0) is 0 Å². The summed E-state index contributed by atoms with van der Waals surface area (Å²) in [5, 5.41) is 3.20. The molecule has 0 spiro atoms. The Bertz CT molecular complexity index is 184. The second kappa shape index (κ2) is 3.09. The second-order valence-corrected chi connectivity index (χ2v) is 3.98. The maximum atomic E-state index is 3.20. The second-order valence-electron chi connectivity index (χ2n) is 3.98. The fourth-order valence-corrected chi connectivity index (χ4v) is 1.16. The van der Waals surface area contributed by atoms with Gasteiger partial charge in [0.15, 0.2) is 0 Å². The summed E-state index contributed by atoms with van der Waals surface area (Å²) in [5.74, 6) is 0. The van der Waals surface area contributed by atoms with Gasteiger partial charge in [-0.2, -0.15) is 0 Å². The van der Waals surface area contributed by atoms with E-state index in [1.54, 1.807) is 0 Å². The van der Waals surface area contributed by atoms with E-state index in [4.69, 9.17) is 0 Å². The first kappa shape index (κ1) is 8.34. The van der Waals surface area contributed by atoms with Crippen molar-refractivity contribution in [3.8, 4) is 0 Å². The summed E-state index contributed by atoms with van der Waals surface area (Å²) in [7, 11) is 6.59. The molecule has 0 bridgehead atoms. The van der Waals surface area contributed by atoms with Crippen molar-refractivity contribution in [1.82, 2.24) is 5.32 Å². The van der Waals surface area contributed by atoms with Gasteiger partial charge in [0.2, 0.25) is 0 Å². The van der Waals surface area contributed by atoms with Crippen LogP contribution in [0.25, 0.3) is 0 Å². The van der Waals surface area contributed by atoms with Crippen LogP contribution < -0.4 is 5.32 Å².